The molecule has 2 rings (SSSR count). The average Bonchev–Trinajstić information content (AvgIpc) is 3.02. The Hall–Kier alpha value is -1.02. The molecule has 82 valence electrons. The van der Waals surface area contributed by atoms with E-state index in [9.17, 15) is 0 Å². The minimum Gasteiger partial charge on any atom is -0.489 e. The number of nitrogens with one attached hydrogen (secondary N) is 1. The molecule has 1 atom stereocenters. The molecule has 1 aliphatic rings. The lowest BCUT2D eigenvalue weighted by molar-refractivity contribution is 0.216. The van der Waals surface area contributed by atoms with Gasteiger partial charge in [0, 0.05) is 12.6 Å². The first-order valence-electron chi connectivity index (χ1n) is 5.71. The first-order chi connectivity index (χ1) is 7.24. The summed E-state index contributed by atoms with van der Waals surface area (Å²) in [6.45, 7) is 5.13. The second-order valence-electron chi connectivity index (χ2n) is 4.42. The summed E-state index contributed by atoms with van der Waals surface area (Å²) >= 11 is 0. The largest absolute Gasteiger partial charge is 0.489 e. The van der Waals surface area contributed by atoms with Gasteiger partial charge in [-0.1, -0.05) is 17.7 Å². The van der Waals surface area contributed by atoms with Crippen LogP contribution >= 0.6 is 0 Å². The van der Waals surface area contributed by atoms with Crippen molar-refractivity contribution in [1.29, 1.82) is 0 Å². The van der Waals surface area contributed by atoms with Crippen LogP contribution < -0.4 is 10.1 Å². The normalized spacial score (nSPS) is 17.5. The Kier molecular flexibility index (Phi) is 3.27. The molecule has 1 aliphatic carbocycles. The van der Waals surface area contributed by atoms with E-state index in [1.54, 1.807) is 0 Å². The highest BCUT2D eigenvalue weighted by Gasteiger charge is 2.21. The molecule has 0 aliphatic heterocycles. The van der Waals surface area contributed by atoms with Crippen LogP contribution in [-0.4, -0.2) is 18.7 Å². The minimum absolute atomic E-state index is 0.244. The lowest BCUT2D eigenvalue weighted by Gasteiger charge is -2.15. The summed E-state index contributed by atoms with van der Waals surface area (Å²) in [7, 11) is 0. The summed E-state index contributed by atoms with van der Waals surface area (Å²) in [4.78, 5) is 0. The van der Waals surface area contributed by atoms with Crippen molar-refractivity contribution in [1.82, 2.24) is 5.32 Å². The van der Waals surface area contributed by atoms with Gasteiger partial charge in [0.25, 0.3) is 0 Å². The molecule has 1 N–H and O–H groups in total. The van der Waals surface area contributed by atoms with Crippen molar-refractivity contribution in [3.05, 3.63) is 29.8 Å². The molecule has 0 heterocycles. The summed E-state index contributed by atoms with van der Waals surface area (Å²) in [6, 6.07) is 8.98. The molecule has 1 unspecified atom stereocenters. The topological polar surface area (TPSA) is 21.3 Å². The monoisotopic (exact) mass is 205 g/mol. The van der Waals surface area contributed by atoms with Gasteiger partial charge in [-0.2, -0.15) is 0 Å². The van der Waals surface area contributed by atoms with Crippen LogP contribution in [0.25, 0.3) is 0 Å². The predicted molar refractivity (Wildman–Crippen MR) is 62.3 cm³/mol. The van der Waals surface area contributed by atoms with Gasteiger partial charge in [0.1, 0.15) is 11.9 Å². The molecule has 1 aromatic carbocycles. The first-order valence-corrected chi connectivity index (χ1v) is 5.71. The van der Waals surface area contributed by atoms with Crippen LogP contribution in [0.5, 0.6) is 5.75 Å². The van der Waals surface area contributed by atoms with E-state index in [2.05, 4.69) is 31.3 Å². The molecule has 0 radical (unpaired) electrons. The number of hydrogen-bond donors (Lipinski definition) is 1. The quantitative estimate of drug-likeness (QED) is 0.797. The molecule has 0 spiro atoms. The summed E-state index contributed by atoms with van der Waals surface area (Å²) < 4.78 is 5.78. The number of rotatable bonds is 5. The Morgan fingerprint density at radius 2 is 2.00 bits per heavy atom. The van der Waals surface area contributed by atoms with E-state index in [0.29, 0.717) is 0 Å². The second kappa shape index (κ2) is 4.67. The highest BCUT2D eigenvalue weighted by Crippen LogP contribution is 2.19. The molecule has 1 fully saturated rings. The summed E-state index contributed by atoms with van der Waals surface area (Å²) in [6.07, 6.45) is 2.91. The van der Waals surface area contributed by atoms with Gasteiger partial charge in [-0.25, -0.2) is 0 Å². The molecule has 1 saturated carbocycles. The fourth-order valence-corrected chi connectivity index (χ4v) is 1.51. The third-order valence-electron chi connectivity index (χ3n) is 2.63. The van der Waals surface area contributed by atoms with Gasteiger partial charge in [-0.05, 0) is 38.8 Å². The third-order valence-corrected chi connectivity index (χ3v) is 2.63. The van der Waals surface area contributed by atoms with Crippen LogP contribution in [0.2, 0.25) is 0 Å². The van der Waals surface area contributed by atoms with Crippen molar-refractivity contribution >= 4 is 0 Å². The maximum absolute atomic E-state index is 5.78. The maximum Gasteiger partial charge on any atom is 0.119 e. The van der Waals surface area contributed by atoms with Crippen molar-refractivity contribution in [2.45, 2.75) is 38.8 Å². The zero-order valence-corrected chi connectivity index (χ0v) is 9.49. The minimum atomic E-state index is 0.244. The van der Waals surface area contributed by atoms with E-state index in [0.717, 1.165) is 18.3 Å². The third kappa shape index (κ3) is 3.56. The zero-order valence-electron chi connectivity index (χ0n) is 9.49. The first kappa shape index (κ1) is 10.5. The van der Waals surface area contributed by atoms with E-state index in [4.69, 9.17) is 4.74 Å². The molecule has 15 heavy (non-hydrogen) atoms. The van der Waals surface area contributed by atoms with E-state index in [1.165, 1.54) is 18.4 Å². The predicted octanol–water partition coefficient (Wildman–Crippen LogP) is 2.51. The molecular weight excluding hydrogens is 186 g/mol. The Labute approximate surface area is 91.6 Å². The smallest absolute Gasteiger partial charge is 0.119 e. The average molecular weight is 205 g/mol. The van der Waals surface area contributed by atoms with Gasteiger partial charge in [-0.3, -0.25) is 0 Å². The molecular formula is C13H19NO. The Morgan fingerprint density at radius 3 is 2.60 bits per heavy atom. The van der Waals surface area contributed by atoms with Crippen LogP contribution in [0.3, 0.4) is 0 Å². The Balaban J connectivity index is 1.76. The van der Waals surface area contributed by atoms with Gasteiger partial charge in [0.15, 0.2) is 0 Å². The standard InChI is InChI=1S/C13H19NO/c1-10-3-7-13(8-4-10)15-11(2)9-14-12-5-6-12/h3-4,7-8,11-12,14H,5-6,9H2,1-2H3. The number of ether oxygens (including phenoxy) is 1. The van der Waals surface area contributed by atoms with Gasteiger partial charge in [0.2, 0.25) is 0 Å². The second-order valence-corrected chi connectivity index (χ2v) is 4.42. The fourth-order valence-electron chi connectivity index (χ4n) is 1.51. The van der Waals surface area contributed by atoms with E-state index < -0.39 is 0 Å². The van der Waals surface area contributed by atoms with Crippen LogP contribution in [0.4, 0.5) is 0 Å². The fraction of sp³-hybridized carbons (Fsp3) is 0.538. The number of aryl methyl sites for hydroxylation is 1. The zero-order chi connectivity index (χ0) is 10.7. The molecule has 2 heteroatoms. The highest BCUT2D eigenvalue weighted by molar-refractivity contribution is 5.26. The van der Waals surface area contributed by atoms with Crippen molar-refractivity contribution in [3.8, 4) is 5.75 Å². The van der Waals surface area contributed by atoms with Gasteiger partial charge < -0.3 is 10.1 Å². The lowest BCUT2D eigenvalue weighted by Crippen LogP contribution is -2.30. The highest BCUT2D eigenvalue weighted by atomic mass is 16.5. The Morgan fingerprint density at radius 1 is 1.33 bits per heavy atom. The number of hydrogen-bond acceptors (Lipinski definition) is 2. The van der Waals surface area contributed by atoms with Crippen molar-refractivity contribution in [2.75, 3.05) is 6.54 Å². The molecule has 0 bridgehead atoms. The lowest BCUT2D eigenvalue weighted by atomic mass is 10.2. The van der Waals surface area contributed by atoms with E-state index in [-0.39, 0.29) is 6.10 Å². The van der Waals surface area contributed by atoms with Crippen molar-refractivity contribution in [2.24, 2.45) is 0 Å². The van der Waals surface area contributed by atoms with Gasteiger partial charge >= 0.3 is 0 Å². The number of benzene rings is 1. The molecule has 0 aromatic heterocycles. The summed E-state index contributed by atoms with van der Waals surface area (Å²) in [5.74, 6) is 0.964. The van der Waals surface area contributed by atoms with Gasteiger partial charge in [-0.15, -0.1) is 0 Å². The van der Waals surface area contributed by atoms with Crippen LogP contribution in [0.15, 0.2) is 24.3 Å². The van der Waals surface area contributed by atoms with E-state index >= 15 is 0 Å². The molecule has 1 aromatic rings. The van der Waals surface area contributed by atoms with Crippen LogP contribution in [-0.2, 0) is 0 Å². The summed E-state index contributed by atoms with van der Waals surface area (Å²) in [5.41, 5.74) is 1.27. The van der Waals surface area contributed by atoms with Crippen LogP contribution in [0.1, 0.15) is 25.3 Å². The van der Waals surface area contributed by atoms with Gasteiger partial charge in [0.05, 0.1) is 0 Å². The SMILES string of the molecule is Cc1ccc(OC(C)CNC2CC2)cc1. The van der Waals surface area contributed by atoms with Crippen molar-refractivity contribution < 1.29 is 4.74 Å². The van der Waals surface area contributed by atoms with E-state index in [1.807, 2.05) is 12.1 Å². The molecule has 0 saturated heterocycles. The Bertz CT molecular complexity index is 303. The van der Waals surface area contributed by atoms with Crippen molar-refractivity contribution in [3.63, 3.8) is 0 Å². The molecule has 0 amide bonds. The summed E-state index contributed by atoms with van der Waals surface area (Å²) in [5, 5.41) is 3.46. The van der Waals surface area contributed by atoms with Crippen LogP contribution in [0, 0.1) is 6.92 Å². The molecule has 2 nitrogen and oxygen atoms in total. The maximum atomic E-state index is 5.78.